The molecule has 0 aromatic rings. The van der Waals surface area contributed by atoms with Crippen molar-refractivity contribution in [3.8, 4) is 0 Å². The topological polar surface area (TPSA) is 48.5 Å². The van der Waals surface area contributed by atoms with E-state index in [9.17, 15) is 0 Å². The van der Waals surface area contributed by atoms with Gasteiger partial charge in [-0.15, -0.1) is 0 Å². The van der Waals surface area contributed by atoms with Gasteiger partial charge in [-0.3, -0.25) is 4.99 Å². The normalized spacial score (nSPS) is 13.8. The molecule has 0 fully saturated rings. The average molecular weight is 228 g/mol. The molecule has 96 valence electrons. The maximum Gasteiger partial charge on any atom is 0.191 e. The van der Waals surface area contributed by atoms with Gasteiger partial charge in [0.25, 0.3) is 0 Å². The Hall–Kier alpha value is -0.770. The Bertz CT molecular complexity index is 220. The maximum atomic E-state index is 4.17. The predicted molar refractivity (Wildman–Crippen MR) is 72.0 cm³/mol. The standard InChI is InChI=1S/C12H28N4/c1-11(2,3)15-9-8-14-10(13-7)16-12(4,5)6/h15H,8-9H2,1-7H3,(H2,13,14,16). The number of hydrogen-bond donors (Lipinski definition) is 3. The summed E-state index contributed by atoms with van der Waals surface area (Å²) in [4.78, 5) is 4.17. The molecule has 0 amide bonds. The molecule has 16 heavy (non-hydrogen) atoms. The largest absolute Gasteiger partial charge is 0.355 e. The SMILES string of the molecule is CN=C(NCCNC(C)(C)C)NC(C)(C)C. The number of aliphatic imine (C=N–C) groups is 1. The molecule has 3 N–H and O–H groups in total. The van der Waals surface area contributed by atoms with Crippen LogP contribution in [-0.2, 0) is 0 Å². The number of guanidine groups is 1. The third-order valence-electron chi connectivity index (χ3n) is 1.79. The molecule has 4 nitrogen and oxygen atoms in total. The van der Waals surface area contributed by atoms with Gasteiger partial charge in [0, 0.05) is 31.2 Å². The monoisotopic (exact) mass is 228 g/mol. The zero-order chi connectivity index (χ0) is 12.8. The van der Waals surface area contributed by atoms with Crippen molar-refractivity contribution in [2.24, 2.45) is 4.99 Å². The first-order chi connectivity index (χ1) is 7.14. The Balaban J connectivity index is 3.83. The van der Waals surface area contributed by atoms with Crippen LogP contribution in [0.1, 0.15) is 41.5 Å². The molecule has 0 atom stereocenters. The van der Waals surface area contributed by atoms with E-state index in [1.165, 1.54) is 0 Å². The van der Waals surface area contributed by atoms with Gasteiger partial charge in [-0.05, 0) is 41.5 Å². The summed E-state index contributed by atoms with van der Waals surface area (Å²) < 4.78 is 0. The zero-order valence-electron chi connectivity index (χ0n) is 11.9. The highest BCUT2D eigenvalue weighted by molar-refractivity contribution is 5.80. The van der Waals surface area contributed by atoms with Gasteiger partial charge in [0.15, 0.2) is 5.96 Å². The van der Waals surface area contributed by atoms with E-state index in [2.05, 4.69) is 62.5 Å². The summed E-state index contributed by atoms with van der Waals surface area (Å²) in [5.74, 6) is 0.850. The fourth-order valence-corrected chi connectivity index (χ4v) is 1.15. The lowest BCUT2D eigenvalue weighted by Gasteiger charge is -2.25. The molecule has 0 rings (SSSR count). The van der Waals surface area contributed by atoms with Crippen LogP contribution < -0.4 is 16.0 Å². The van der Waals surface area contributed by atoms with E-state index in [1.807, 2.05) is 0 Å². The second kappa shape index (κ2) is 6.09. The third kappa shape index (κ3) is 9.77. The molecule has 0 unspecified atom stereocenters. The third-order valence-corrected chi connectivity index (χ3v) is 1.79. The molecule has 0 aliphatic rings. The van der Waals surface area contributed by atoms with E-state index in [0.717, 1.165) is 19.0 Å². The molecule has 0 radical (unpaired) electrons. The van der Waals surface area contributed by atoms with Gasteiger partial charge in [-0.1, -0.05) is 0 Å². The summed E-state index contributed by atoms with van der Waals surface area (Å²) >= 11 is 0. The van der Waals surface area contributed by atoms with E-state index >= 15 is 0 Å². The van der Waals surface area contributed by atoms with Gasteiger partial charge in [0.05, 0.1) is 0 Å². The van der Waals surface area contributed by atoms with Crippen molar-refractivity contribution in [2.75, 3.05) is 20.1 Å². The molecular formula is C12H28N4. The van der Waals surface area contributed by atoms with Crippen molar-refractivity contribution in [1.82, 2.24) is 16.0 Å². The van der Waals surface area contributed by atoms with Crippen molar-refractivity contribution in [1.29, 1.82) is 0 Å². The van der Waals surface area contributed by atoms with Gasteiger partial charge in [0.2, 0.25) is 0 Å². The minimum atomic E-state index is 0.0410. The van der Waals surface area contributed by atoms with Crippen molar-refractivity contribution in [2.45, 2.75) is 52.6 Å². The molecule has 0 saturated carbocycles. The summed E-state index contributed by atoms with van der Waals surface area (Å²) in [6, 6.07) is 0. The number of nitrogens with one attached hydrogen (secondary N) is 3. The fraction of sp³-hybridized carbons (Fsp3) is 0.917. The molecule has 0 bridgehead atoms. The number of nitrogens with zero attached hydrogens (tertiary/aromatic N) is 1. The Kier molecular flexibility index (Phi) is 5.79. The van der Waals surface area contributed by atoms with E-state index in [-0.39, 0.29) is 11.1 Å². The predicted octanol–water partition coefficient (Wildman–Crippen LogP) is 1.34. The van der Waals surface area contributed by atoms with Gasteiger partial charge >= 0.3 is 0 Å². The van der Waals surface area contributed by atoms with Crippen LogP contribution in [0.3, 0.4) is 0 Å². The fourth-order valence-electron chi connectivity index (χ4n) is 1.15. The van der Waals surface area contributed by atoms with Crippen LogP contribution in [0.15, 0.2) is 4.99 Å². The Morgan fingerprint density at radius 2 is 1.50 bits per heavy atom. The minimum absolute atomic E-state index is 0.0410. The van der Waals surface area contributed by atoms with Crippen molar-refractivity contribution >= 4 is 5.96 Å². The number of hydrogen-bond acceptors (Lipinski definition) is 2. The molecule has 0 aromatic carbocycles. The molecule has 0 spiro atoms. The van der Waals surface area contributed by atoms with Crippen LogP contribution in [-0.4, -0.2) is 37.2 Å². The van der Waals surface area contributed by atoms with Gasteiger partial charge in [-0.25, -0.2) is 0 Å². The van der Waals surface area contributed by atoms with Gasteiger partial charge < -0.3 is 16.0 Å². The highest BCUT2D eigenvalue weighted by Gasteiger charge is 2.12. The zero-order valence-corrected chi connectivity index (χ0v) is 11.9. The molecule has 0 aromatic heterocycles. The summed E-state index contributed by atoms with van der Waals surface area (Å²) in [6.45, 7) is 14.6. The smallest absolute Gasteiger partial charge is 0.191 e. The quantitative estimate of drug-likeness (QED) is 0.388. The van der Waals surface area contributed by atoms with Crippen LogP contribution in [0.4, 0.5) is 0 Å². The van der Waals surface area contributed by atoms with Crippen molar-refractivity contribution < 1.29 is 0 Å². The van der Waals surface area contributed by atoms with E-state index in [0.29, 0.717) is 0 Å². The van der Waals surface area contributed by atoms with Crippen LogP contribution in [0.25, 0.3) is 0 Å². The number of rotatable bonds is 3. The summed E-state index contributed by atoms with van der Waals surface area (Å²) in [7, 11) is 1.79. The summed E-state index contributed by atoms with van der Waals surface area (Å²) in [5, 5.41) is 10.0. The first-order valence-electron chi connectivity index (χ1n) is 5.88. The van der Waals surface area contributed by atoms with Crippen LogP contribution >= 0.6 is 0 Å². The Labute approximate surface area is 100 Å². The van der Waals surface area contributed by atoms with Crippen LogP contribution in [0, 0.1) is 0 Å². The Morgan fingerprint density at radius 3 is 1.88 bits per heavy atom. The maximum absolute atomic E-state index is 4.17. The van der Waals surface area contributed by atoms with Gasteiger partial charge in [0.1, 0.15) is 0 Å². The molecule has 4 heteroatoms. The molecule has 0 aliphatic heterocycles. The van der Waals surface area contributed by atoms with Crippen LogP contribution in [0.5, 0.6) is 0 Å². The average Bonchev–Trinajstić information content (AvgIpc) is 2.06. The molecule has 0 saturated heterocycles. The van der Waals surface area contributed by atoms with Gasteiger partial charge in [-0.2, -0.15) is 0 Å². The molecular weight excluding hydrogens is 200 g/mol. The minimum Gasteiger partial charge on any atom is -0.355 e. The lowest BCUT2D eigenvalue weighted by molar-refractivity contribution is 0.426. The summed E-state index contributed by atoms with van der Waals surface area (Å²) in [6.07, 6.45) is 0. The van der Waals surface area contributed by atoms with Crippen molar-refractivity contribution in [3.05, 3.63) is 0 Å². The lowest BCUT2D eigenvalue weighted by Crippen LogP contribution is -2.49. The van der Waals surface area contributed by atoms with E-state index in [4.69, 9.17) is 0 Å². The second-order valence-corrected chi connectivity index (χ2v) is 6.05. The lowest BCUT2D eigenvalue weighted by atomic mass is 10.1. The highest BCUT2D eigenvalue weighted by Crippen LogP contribution is 1.98. The van der Waals surface area contributed by atoms with E-state index < -0.39 is 0 Å². The second-order valence-electron chi connectivity index (χ2n) is 6.05. The first kappa shape index (κ1) is 15.2. The summed E-state index contributed by atoms with van der Waals surface area (Å²) in [5.41, 5.74) is 0.210. The Morgan fingerprint density at radius 1 is 0.938 bits per heavy atom. The van der Waals surface area contributed by atoms with Crippen molar-refractivity contribution in [3.63, 3.8) is 0 Å². The first-order valence-corrected chi connectivity index (χ1v) is 5.88. The molecule has 0 aliphatic carbocycles. The molecule has 0 heterocycles. The van der Waals surface area contributed by atoms with Crippen LogP contribution in [0.2, 0.25) is 0 Å². The van der Waals surface area contributed by atoms with E-state index in [1.54, 1.807) is 7.05 Å². The highest BCUT2D eigenvalue weighted by atomic mass is 15.2.